The molecule has 0 spiro atoms. The molecule has 1 aromatic heterocycles. The zero-order valence-corrected chi connectivity index (χ0v) is 17.2. The molecule has 0 bridgehead atoms. The van der Waals surface area contributed by atoms with Crippen LogP contribution in [0.1, 0.15) is 42.0 Å². The molecule has 2 aromatic carbocycles. The summed E-state index contributed by atoms with van der Waals surface area (Å²) in [6, 6.07) is 15.4. The van der Waals surface area contributed by atoms with E-state index in [-0.39, 0.29) is 24.4 Å². The Morgan fingerprint density at radius 1 is 1.10 bits per heavy atom. The van der Waals surface area contributed by atoms with Crippen LogP contribution in [0.25, 0.3) is 11.0 Å². The maximum Gasteiger partial charge on any atom is 0.251 e. The van der Waals surface area contributed by atoms with Crippen LogP contribution in [0.3, 0.4) is 0 Å². The lowest BCUT2D eigenvalue weighted by Gasteiger charge is -2.14. The van der Waals surface area contributed by atoms with Gasteiger partial charge in [0.15, 0.2) is 0 Å². The molecule has 6 nitrogen and oxygen atoms in total. The first-order valence-corrected chi connectivity index (χ1v) is 10.1. The largest absolute Gasteiger partial charge is 0.352 e. The minimum atomic E-state index is -0.109. The van der Waals surface area contributed by atoms with Gasteiger partial charge in [0.05, 0.1) is 11.0 Å². The number of aryl methyl sites for hydroxylation is 1. The van der Waals surface area contributed by atoms with E-state index >= 15 is 0 Å². The standard InChI is InChI=1S/C23H28N4O2/c1-4-17(3)25-22(28)15-27-20-8-6-5-7-19(20)26-21(27)13-14-24-23(29)18-11-9-16(2)10-12-18/h5-12,17H,4,13-15H2,1-3H3,(H,24,29)(H,25,28). The molecule has 0 saturated heterocycles. The van der Waals surface area contributed by atoms with Crippen LogP contribution in [0.4, 0.5) is 0 Å². The van der Waals surface area contributed by atoms with Crippen LogP contribution >= 0.6 is 0 Å². The molecule has 1 unspecified atom stereocenters. The van der Waals surface area contributed by atoms with E-state index in [2.05, 4.69) is 15.6 Å². The van der Waals surface area contributed by atoms with Gasteiger partial charge in [-0.3, -0.25) is 9.59 Å². The minimum Gasteiger partial charge on any atom is -0.352 e. The lowest BCUT2D eigenvalue weighted by molar-refractivity contribution is -0.122. The monoisotopic (exact) mass is 392 g/mol. The van der Waals surface area contributed by atoms with E-state index in [9.17, 15) is 9.59 Å². The second-order valence-corrected chi connectivity index (χ2v) is 7.35. The highest BCUT2D eigenvalue weighted by Crippen LogP contribution is 2.16. The van der Waals surface area contributed by atoms with Gasteiger partial charge in [-0.15, -0.1) is 0 Å². The lowest BCUT2D eigenvalue weighted by Crippen LogP contribution is -2.35. The Morgan fingerprint density at radius 3 is 2.55 bits per heavy atom. The van der Waals surface area contributed by atoms with Crippen LogP contribution in [-0.2, 0) is 17.8 Å². The summed E-state index contributed by atoms with van der Waals surface area (Å²) in [4.78, 5) is 29.5. The third-order valence-electron chi connectivity index (χ3n) is 5.00. The summed E-state index contributed by atoms with van der Waals surface area (Å²) in [6.45, 7) is 6.68. The fourth-order valence-electron chi connectivity index (χ4n) is 3.15. The van der Waals surface area contributed by atoms with Crippen LogP contribution in [-0.4, -0.2) is 34.0 Å². The number of hydrogen-bond acceptors (Lipinski definition) is 3. The molecule has 0 fully saturated rings. The van der Waals surface area contributed by atoms with Crippen molar-refractivity contribution in [3.63, 3.8) is 0 Å². The molecule has 152 valence electrons. The van der Waals surface area contributed by atoms with E-state index < -0.39 is 0 Å². The van der Waals surface area contributed by atoms with Crippen molar-refractivity contribution in [1.82, 2.24) is 20.2 Å². The van der Waals surface area contributed by atoms with Gasteiger partial charge in [0.1, 0.15) is 12.4 Å². The van der Waals surface area contributed by atoms with Crippen LogP contribution in [0.15, 0.2) is 48.5 Å². The van der Waals surface area contributed by atoms with Crippen LogP contribution in [0.2, 0.25) is 0 Å². The molecule has 1 heterocycles. The normalized spacial score (nSPS) is 12.0. The molecule has 6 heteroatoms. The van der Waals surface area contributed by atoms with Gasteiger partial charge in [0.25, 0.3) is 5.91 Å². The number of carbonyl (C=O) groups is 2. The van der Waals surface area contributed by atoms with Gasteiger partial charge < -0.3 is 15.2 Å². The molecule has 0 radical (unpaired) electrons. The molecular formula is C23H28N4O2. The Bertz CT molecular complexity index is 992. The van der Waals surface area contributed by atoms with E-state index in [4.69, 9.17) is 0 Å². The molecule has 2 N–H and O–H groups in total. The highest BCUT2D eigenvalue weighted by atomic mass is 16.2. The van der Waals surface area contributed by atoms with Crippen molar-refractivity contribution in [2.24, 2.45) is 0 Å². The van der Waals surface area contributed by atoms with E-state index in [0.29, 0.717) is 18.5 Å². The minimum absolute atomic E-state index is 0.0348. The molecule has 1 atom stereocenters. The first-order chi connectivity index (χ1) is 14.0. The summed E-state index contributed by atoms with van der Waals surface area (Å²) in [5.74, 6) is 0.643. The van der Waals surface area contributed by atoms with Crippen LogP contribution in [0, 0.1) is 6.92 Å². The van der Waals surface area contributed by atoms with Gasteiger partial charge in [-0.1, -0.05) is 36.8 Å². The predicted molar refractivity (Wildman–Crippen MR) is 115 cm³/mol. The maximum atomic E-state index is 12.4. The van der Waals surface area contributed by atoms with Crippen molar-refractivity contribution in [3.05, 3.63) is 65.5 Å². The predicted octanol–water partition coefficient (Wildman–Crippen LogP) is 3.23. The summed E-state index contributed by atoms with van der Waals surface area (Å²) < 4.78 is 1.94. The van der Waals surface area contributed by atoms with E-state index in [1.165, 1.54) is 0 Å². The highest BCUT2D eigenvalue weighted by molar-refractivity contribution is 5.94. The number of imidazole rings is 1. The van der Waals surface area contributed by atoms with Gasteiger partial charge in [-0.2, -0.15) is 0 Å². The fourth-order valence-corrected chi connectivity index (χ4v) is 3.15. The molecule has 29 heavy (non-hydrogen) atoms. The number of amides is 2. The zero-order chi connectivity index (χ0) is 20.8. The average molecular weight is 393 g/mol. The number of aromatic nitrogens is 2. The van der Waals surface area contributed by atoms with Gasteiger partial charge in [-0.25, -0.2) is 4.98 Å². The van der Waals surface area contributed by atoms with E-state index in [1.54, 1.807) is 0 Å². The Hall–Kier alpha value is -3.15. The van der Waals surface area contributed by atoms with Crippen LogP contribution < -0.4 is 10.6 Å². The first kappa shape index (κ1) is 20.6. The molecule has 0 aliphatic carbocycles. The molecule has 0 aliphatic rings. The van der Waals surface area contributed by atoms with Gasteiger partial charge in [-0.05, 0) is 44.5 Å². The average Bonchev–Trinajstić information content (AvgIpc) is 3.05. The summed E-state index contributed by atoms with van der Waals surface area (Å²) >= 11 is 0. The van der Waals surface area contributed by atoms with Crippen molar-refractivity contribution >= 4 is 22.8 Å². The van der Waals surface area contributed by atoms with E-state index in [0.717, 1.165) is 28.8 Å². The highest BCUT2D eigenvalue weighted by Gasteiger charge is 2.15. The third-order valence-corrected chi connectivity index (χ3v) is 5.00. The van der Waals surface area contributed by atoms with Crippen molar-refractivity contribution in [1.29, 1.82) is 0 Å². The summed E-state index contributed by atoms with van der Waals surface area (Å²) in [5.41, 5.74) is 3.53. The van der Waals surface area contributed by atoms with Crippen molar-refractivity contribution in [2.45, 2.75) is 46.2 Å². The Labute approximate surface area is 171 Å². The number of nitrogens with zero attached hydrogens (tertiary/aromatic N) is 2. The Kier molecular flexibility index (Phi) is 6.65. The summed E-state index contributed by atoms with van der Waals surface area (Å²) in [7, 11) is 0. The SMILES string of the molecule is CCC(C)NC(=O)Cn1c(CCNC(=O)c2ccc(C)cc2)nc2ccccc21. The van der Waals surface area contributed by atoms with Crippen LogP contribution in [0.5, 0.6) is 0 Å². The maximum absolute atomic E-state index is 12.4. The van der Waals surface area contributed by atoms with Gasteiger partial charge in [0.2, 0.25) is 5.91 Å². The molecule has 0 aliphatic heterocycles. The summed E-state index contributed by atoms with van der Waals surface area (Å²) in [5, 5.41) is 5.94. The zero-order valence-electron chi connectivity index (χ0n) is 17.2. The molecule has 3 rings (SSSR count). The van der Waals surface area contributed by atoms with Crippen molar-refractivity contribution in [3.8, 4) is 0 Å². The van der Waals surface area contributed by atoms with Crippen molar-refractivity contribution < 1.29 is 9.59 Å². The quantitative estimate of drug-likeness (QED) is 0.618. The number of fused-ring (bicyclic) bond motifs is 1. The number of hydrogen-bond donors (Lipinski definition) is 2. The number of nitrogens with one attached hydrogen (secondary N) is 2. The molecular weight excluding hydrogens is 364 g/mol. The number of rotatable bonds is 8. The number of carbonyl (C=O) groups excluding carboxylic acids is 2. The van der Waals surface area contributed by atoms with Gasteiger partial charge >= 0.3 is 0 Å². The Morgan fingerprint density at radius 2 is 1.83 bits per heavy atom. The Balaban J connectivity index is 1.70. The second-order valence-electron chi connectivity index (χ2n) is 7.35. The molecule has 2 amide bonds. The third kappa shape index (κ3) is 5.22. The molecule has 3 aromatic rings. The number of benzene rings is 2. The topological polar surface area (TPSA) is 76.0 Å². The second kappa shape index (κ2) is 9.37. The smallest absolute Gasteiger partial charge is 0.251 e. The summed E-state index contributed by atoms with van der Waals surface area (Å²) in [6.07, 6.45) is 1.43. The first-order valence-electron chi connectivity index (χ1n) is 10.1. The van der Waals surface area contributed by atoms with Crippen molar-refractivity contribution in [2.75, 3.05) is 6.54 Å². The van der Waals surface area contributed by atoms with E-state index in [1.807, 2.05) is 73.9 Å². The van der Waals surface area contributed by atoms with Gasteiger partial charge in [0, 0.05) is 24.6 Å². The lowest BCUT2D eigenvalue weighted by atomic mass is 10.1. The fraction of sp³-hybridized carbons (Fsp3) is 0.348. The number of para-hydroxylation sites is 2. The molecule has 0 saturated carbocycles.